The number of carbonyl (C=O) groups is 1. The maximum Gasteiger partial charge on any atom is 0.158 e. The highest BCUT2D eigenvalue weighted by atomic mass is 35.5. The van der Waals surface area contributed by atoms with Crippen molar-refractivity contribution in [2.24, 2.45) is 0 Å². The van der Waals surface area contributed by atoms with E-state index in [-0.39, 0.29) is 11.7 Å². The van der Waals surface area contributed by atoms with Crippen molar-refractivity contribution < 1.29 is 4.79 Å². The minimum absolute atomic E-state index is 0.198. The van der Waals surface area contributed by atoms with E-state index < -0.39 is 0 Å². The van der Waals surface area contributed by atoms with Gasteiger partial charge in [0.1, 0.15) is 0 Å². The number of hydrogen-bond donors (Lipinski definition) is 1. The van der Waals surface area contributed by atoms with Crippen molar-refractivity contribution in [2.75, 3.05) is 0 Å². The summed E-state index contributed by atoms with van der Waals surface area (Å²) in [6.45, 7) is 0. The van der Waals surface area contributed by atoms with Crippen LogP contribution in [-0.2, 0) is 17.6 Å². The zero-order valence-electron chi connectivity index (χ0n) is 13.5. The smallest absolute Gasteiger partial charge is 0.158 e. The summed E-state index contributed by atoms with van der Waals surface area (Å²) in [4.78, 5) is 12.2. The quantitative estimate of drug-likeness (QED) is 0.897. The van der Waals surface area contributed by atoms with Gasteiger partial charge in [0.05, 0.1) is 0 Å². The van der Waals surface area contributed by atoms with E-state index in [4.69, 9.17) is 11.6 Å². The van der Waals surface area contributed by atoms with E-state index >= 15 is 0 Å². The first kappa shape index (κ1) is 15.5. The van der Waals surface area contributed by atoms with Crippen LogP contribution in [0.25, 0.3) is 0 Å². The molecule has 122 valence electrons. The van der Waals surface area contributed by atoms with Crippen LogP contribution in [0, 0.1) is 0 Å². The Labute approximate surface area is 147 Å². The van der Waals surface area contributed by atoms with Crippen molar-refractivity contribution in [3.8, 4) is 0 Å². The maximum absolute atomic E-state index is 12.2. The second kappa shape index (κ2) is 6.45. The van der Waals surface area contributed by atoms with Crippen LogP contribution >= 0.6 is 11.6 Å². The monoisotopic (exact) mass is 337 g/mol. The van der Waals surface area contributed by atoms with E-state index in [1.54, 1.807) is 6.08 Å². The number of benzene rings is 2. The molecule has 3 heteroatoms. The molecule has 2 aromatic rings. The van der Waals surface area contributed by atoms with Gasteiger partial charge in [-0.1, -0.05) is 48.0 Å². The predicted molar refractivity (Wildman–Crippen MR) is 97.3 cm³/mol. The summed E-state index contributed by atoms with van der Waals surface area (Å²) in [5.41, 5.74) is 5.06. The largest absolute Gasteiger partial charge is 0.385 e. The van der Waals surface area contributed by atoms with Gasteiger partial charge < -0.3 is 5.32 Å². The molecule has 0 amide bonds. The molecule has 0 bridgehead atoms. The van der Waals surface area contributed by atoms with Gasteiger partial charge in [-0.3, -0.25) is 4.79 Å². The van der Waals surface area contributed by atoms with E-state index in [2.05, 4.69) is 35.6 Å². The lowest BCUT2D eigenvalue weighted by Gasteiger charge is -2.26. The Kier molecular flexibility index (Phi) is 4.15. The van der Waals surface area contributed by atoms with E-state index in [0.29, 0.717) is 12.5 Å². The summed E-state index contributed by atoms with van der Waals surface area (Å²) in [7, 11) is 0. The molecule has 1 N–H and O–H groups in total. The summed E-state index contributed by atoms with van der Waals surface area (Å²) < 4.78 is 0. The van der Waals surface area contributed by atoms with Crippen molar-refractivity contribution >= 4 is 17.4 Å². The number of hydrogen-bond acceptors (Lipinski definition) is 2. The molecule has 2 aliphatic carbocycles. The lowest BCUT2D eigenvalue weighted by molar-refractivity contribution is -0.115. The van der Waals surface area contributed by atoms with Gasteiger partial charge in [-0.05, 0) is 54.0 Å². The van der Waals surface area contributed by atoms with Gasteiger partial charge in [-0.2, -0.15) is 0 Å². The van der Waals surface area contributed by atoms with E-state index in [1.807, 2.05) is 18.2 Å². The Morgan fingerprint density at radius 2 is 1.67 bits per heavy atom. The summed E-state index contributed by atoms with van der Waals surface area (Å²) in [5, 5.41) is 4.35. The molecule has 0 radical (unpaired) electrons. The molecular formula is C21H20ClNO. The third-order valence-electron chi connectivity index (χ3n) is 5.01. The van der Waals surface area contributed by atoms with E-state index in [9.17, 15) is 4.79 Å². The van der Waals surface area contributed by atoms with Crippen molar-refractivity contribution in [3.63, 3.8) is 0 Å². The summed E-state index contributed by atoms with van der Waals surface area (Å²) in [6.07, 6.45) is 5.30. The zero-order valence-corrected chi connectivity index (χ0v) is 14.2. The zero-order chi connectivity index (χ0) is 16.5. The fraction of sp³-hybridized carbons (Fsp3) is 0.286. The highest BCUT2D eigenvalue weighted by Crippen LogP contribution is 2.32. The molecule has 0 saturated carbocycles. The molecule has 0 aromatic heterocycles. The number of ketones is 1. The molecule has 2 nitrogen and oxygen atoms in total. The van der Waals surface area contributed by atoms with Crippen molar-refractivity contribution in [1.82, 2.24) is 5.32 Å². The third-order valence-corrected chi connectivity index (χ3v) is 5.24. The summed E-state index contributed by atoms with van der Waals surface area (Å²) in [5.74, 6) is 0.414. The number of halogens is 1. The first-order valence-electron chi connectivity index (χ1n) is 8.49. The normalized spacial score (nSPS) is 20.6. The van der Waals surface area contributed by atoms with Gasteiger partial charge >= 0.3 is 0 Å². The van der Waals surface area contributed by atoms with Crippen LogP contribution in [0.5, 0.6) is 0 Å². The van der Waals surface area contributed by atoms with Crippen LogP contribution in [0.4, 0.5) is 0 Å². The highest BCUT2D eigenvalue weighted by Gasteiger charge is 2.26. The standard InChI is InChI=1S/C21H20ClNO/c22-18-7-3-6-14(8-18)17-11-20(13-21(24)12-17)23-19-9-15-4-1-2-5-16(15)10-19/h1-8,13,17,19,23H,9-12H2/t17-/m0/s1. The summed E-state index contributed by atoms with van der Waals surface area (Å²) >= 11 is 6.11. The second-order valence-corrected chi connectivity index (χ2v) is 7.25. The SMILES string of the molecule is O=C1C=C(NC2Cc3ccccc3C2)C[C@H](c2cccc(Cl)c2)C1. The molecule has 0 heterocycles. The van der Waals surface area contributed by atoms with Crippen LogP contribution < -0.4 is 5.32 Å². The minimum atomic E-state index is 0.198. The number of rotatable bonds is 3. The molecule has 2 aromatic carbocycles. The van der Waals surface area contributed by atoms with E-state index in [0.717, 1.165) is 35.5 Å². The van der Waals surface area contributed by atoms with E-state index in [1.165, 1.54) is 11.1 Å². The molecule has 0 spiro atoms. The Morgan fingerprint density at radius 3 is 2.38 bits per heavy atom. The molecule has 24 heavy (non-hydrogen) atoms. The number of fused-ring (bicyclic) bond motifs is 1. The van der Waals surface area contributed by atoms with Crippen molar-refractivity contribution in [2.45, 2.75) is 37.6 Å². The molecule has 0 aliphatic heterocycles. The van der Waals surface area contributed by atoms with Crippen molar-refractivity contribution in [3.05, 3.63) is 82.0 Å². The average molecular weight is 338 g/mol. The Hall–Kier alpha value is -2.06. The van der Waals surface area contributed by atoms with Crippen molar-refractivity contribution in [1.29, 1.82) is 0 Å². The topological polar surface area (TPSA) is 29.1 Å². The average Bonchev–Trinajstić information content (AvgIpc) is 2.96. The van der Waals surface area contributed by atoms with Crippen LogP contribution in [0.1, 0.15) is 35.4 Å². The number of allylic oxidation sites excluding steroid dienone is 2. The molecule has 0 fully saturated rings. The Bertz CT molecular complexity index is 786. The van der Waals surface area contributed by atoms with Gasteiger partial charge in [0.25, 0.3) is 0 Å². The van der Waals surface area contributed by atoms with Crippen LogP contribution in [0.3, 0.4) is 0 Å². The fourth-order valence-corrected chi connectivity index (χ4v) is 4.11. The number of carbonyl (C=O) groups excluding carboxylic acids is 1. The first-order valence-corrected chi connectivity index (χ1v) is 8.87. The second-order valence-electron chi connectivity index (χ2n) is 6.81. The molecule has 1 atom stereocenters. The molecule has 2 aliphatic rings. The van der Waals surface area contributed by atoms with Crippen LogP contribution in [-0.4, -0.2) is 11.8 Å². The van der Waals surface area contributed by atoms with Gasteiger partial charge in [0.15, 0.2) is 5.78 Å². The lowest BCUT2D eigenvalue weighted by atomic mass is 9.85. The van der Waals surface area contributed by atoms with Gasteiger partial charge in [0, 0.05) is 29.3 Å². The van der Waals surface area contributed by atoms with Gasteiger partial charge in [-0.25, -0.2) is 0 Å². The van der Waals surface area contributed by atoms with Gasteiger partial charge in [0.2, 0.25) is 0 Å². The fourth-order valence-electron chi connectivity index (χ4n) is 3.91. The molecule has 0 unspecified atom stereocenters. The predicted octanol–water partition coefficient (Wildman–Crippen LogP) is 4.43. The van der Waals surface area contributed by atoms with Gasteiger partial charge in [-0.15, -0.1) is 0 Å². The highest BCUT2D eigenvalue weighted by molar-refractivity contribution is 6.30. The summed E-state index contributed by atoms with van der Waals surface area (Å²) in [6, 6.07) is 16.9. The molecular weight excluding hydrogens is 318 g/mol. The third kappa shape index (κ3) is 3.25. The first-order chi connectivity index (χ1) is 11.7. The lowest BCUT2D eigenvalue weighted by Crippen LogP contribution is -2.32. The molecule has 4 rings (SSSR count). The molecule has 0 saturated heterocycles. The van der Waals surface area contributed by atoms with Crippen LogP contribution in [0.2, 0.25) is 5.02 Å². The number of nitrogens with one attached hydrogen (secondary N) is 1. The minimum Gasteiger partial charge on any atom is -0.385 e. The van der Waals surface area contributed by atoms with Crippen LogP contribution in [0.15, 0.2) is 60.3 Å². The maximum atomic E-state index is 12.2. The Morgan fingerprint density at radius 1 is 0.917 bits per heavy atom. The Balaban J connectivity index is 1.47.